The van der Waals surface area contributed by atoms with Gasteiger partial charge in [-0.05, 0) is 36.6 Å². The number of rotatable bonds is 5. The van der Waals surface area contributed by atoms with Crippen LogP contribution in [0.4, 0.5) is 11.5 Å². The van der Waals surface area contributed by atoms with Crippen molar-refractivity contribution in [2.45, 2.75) is 19.8 Å². The van der Waals surface area contributed by atoms with Crippen molar-refractivity contribution in [3.05, 3.63) is 57.9 Å². The van der Waals surface area contributed by atoms with Gasteiger partial charge in [0.25, 0.3) is 0 Å². The van der Waals surface area contributed by atoms with E-state index < -0.39 is 0 Å². The largest absolute Gasteiger partial charge is 0.348 e. The lowest BCUT2D eigenvalue weighted by Crippen LogP contribution is -2.31. The van der Waals surface area contributed by atoms with Crippen molar-refractivity contribution in [2.24, 2.45) is 16.8 Å². The Bertz CT molecular complexity index is 732. The average Bonchev–Trinajstić information content (AvgIpc) is 2.48. The Kier molecular flexibility index (Phi) is 5.16. The molecular formula is C15H24N6O. The van der Waals surface area contributed by atoms with E-state index in [0.29, 0.717) is 18.1 Å². The molecule has 0 aliphatic heterocycles. The number of nitrogens with zero attached hydrogens (tertiary/aromatic N) is 1. The maximum Gasteiger partial charge on any atom is 0.183 e. The van der Waals surface area contributed by atoms with Crippen molar-refractivity contribution in [1.82, 2.24) is 10.4 Å². The molecule has 0 spiro atoms. The van der Waals surface area contributed by atoms with E-state index in [9.17, 15) is 4.79 Å². The van der Waals surface area contributed by atoms with Crippen LogP contribution in [0.3, 0.4) is 0 Å². The van der Waals surface area contributed by atoms with Gasteiger partial charge in [0.05, 0.1) is 0 Å². The Balaban J connectivity index is 0.00000264. The van der Waals surface area contributed by atoms with Gasteiger partial charge < -0.3 is 21.6 Å². The SMILES string of the molecule is Cc1cc(CC/C(=N/N)NN)cc(Nc2cc(=O)cc[nH]2)c1.[HH].[HH]. The number of nitrogens with one attached hydrogen (secondary N) is 3. The summed E-state index contributed by atoms with van der Waals surface area (Å²) in [6, 6.07) is 9.10. The molecule has 0 unspecified atom stereocenters. The normalized spacial score (nSPS) is 11.3. The Labute approximate surface area is 131 Å². The molecule has 7 heteroatoms. The Morgan fingerprint density at radius 3 is 2.86 bits per heavy atom. The zero-order valence-electron chi connectivity index (χ0n) is 12.4. The zero-order valence-corrected chi connectivity index (χ0v) is 12.4. The van der Waals surface area contributed by atoms with Crippen LogP contribution in [-0.2, 0) is 6.42 Å². The molecule has 2 aromatic rings. The van der Waals surface area contributed by atoms with E-state index in [1.165, 1.54) is 12.1 Å². The number of aromatic amines is 1. The summed E-state index contributed by atoms with van der Waals surface area (Å²) in [5.74, 6) is 11.7. The first kappa shape index (κ1) is 15.6. The van der Waals surface area contributed by atoms with Crippen molar-refractivity contribution in [3.8, 4) is 0 Å². The number of aromatic nitrogens is 1. The zero-order chi connectivity index (χ0) is 15.9. The summed E-state index contributed by atoms with van der Waals surface area (Å²) in [6.07, 6.45) is 2.98. The predicted molar refractivity (Wildman–Crippen MR) is 93.0 cm³/mol. The molecule has 1 heterocycles. The second kappa shape index (κ2) is 7.28. The number of hydrazone groups is 1. The van der Waals surface area contributed by atoms with E-state index in [1.54, 1.807) is 6.20 Å². The van der Waals surface area contributed by atoms with E-state index in [1.807, 2.05) is 19.1 Å². The smallest absolute Gasteiger partial charge is 0.183 e. The van der Waals surface area contributed by atoms with E-state index in [-0.39, 0.29) is 8.28 Å². The van der Waals surface area contributed by atoms with Crippen molar-refractivity contribution >= 4 is 17.3 Å². The fourth-order valence-corrected chi connectivity index (χ4v) is 2.19. The van der Waals surface area contributed by atoms with Crippen LogP contribution in [0.15, 0.2) is 46.4 Å². The molecule has 0 bridgehead atoms. The van der Waals surface area contributed by atoms with E-state index in [0.717, 1.165) is 23.2 Å². The standard InChI is InChI=1S/C15H20N6O.2H2/c1-10-6-11(2-3-14(20-16)21-17)8-12(7-10)19-15-9-13(22)4-5-18-15;;/h4-9H,2-3,16-17H2,1H3,(H,20,21)(H2,18,19,22);2*1H. The minimum absolute atomic E-state index is 0. The highest BCUT2D eigenvalue weighted by Crippen LogP contribution is 2.19. The topological polar surface area (TPSA) is 121 Å². The second-order valence-electron chi connectivity index (χ2n) is 4.99. The van der Waals surface area contributed by atoms with Gasteiger partial charge in [0.2, 0.25) is 0 Å². The summed E-state index contributed by atoms with van der Waals surface area (Å²) in [5.41, 5.74) is 5.56. The monoisotopic (exact) mass is 304 g/mol. The van der Waals surface area contributed by atoms with Gasteiger partial charge in [-0.1, -0.05) is 6.07 Å². The molecule has 0 atom stereocenters. The number of anilines is 2. The summed E-state index contributed by atoms with van der Waals surface area (Å²) in [4.78, 5) is 14.3. The highest BCUT2D eigenvalue weighted by molar-refractivity contribution is 5.81. The van der Waals surface area contributed by atoms with E-state index in [4.69, 9.17) is 11.7 Å². The number of benzene rings is 1. The molecular weight excluding hydrogens is 280 g/mol. The number of pyridine rings is 1. The minimum atomic E-state index is -0.0491. The van der Waals surface area contributed by atoms with Gasteiger partial charge in [-0.3, -0.25) is 4.79 Å². The Morgan fingerprint density at radius 1 is 1.36 bits per heavy atom. The van der Waals surface area contributed by atoms with Gasteiger partial charge in [-0.25, -0.2) is 5.84 Å². The van der Waals surface area contributed by atoms with Crippen LogP contribution in [0.25, 0.3) is 0 Å². The Morgan fingerprint density at radius 2 is 2.18 bits per heavy atom. The molecule has 1 aromatic carbocycles. The van der Waals surface area contributed by atoms with Gasteiger partial charge >= 0.3 is 0 Å². The van der Waals surface area contributed by atoms with Crippen LogP contribution in [-0.4, -0.2) is 10.8 Å². The molecule has 0 saturated carbocycles. The fraction of sp³-hybridized carbons (Fsp3) is 0.200. The summed E-state index contributed by atoms with van der Waals surface area (Å²) >= 11 is 0. The number of hydrogen-bond donors (Lipinski definition) is 5. The Hall–Kier alpha value is -2.80. The number of amidine groups is 1. The predicted octanol–water partition coefficient (Wildman–Crippen LogP) is 1.59. The first-order valence-electron chi connectivity index (χ1n) is 6.90. The molecule has 0 saturated heterocycles. The molecule has 0 fully saturated rings. The summed E-state index contributed by atoms with van der Waals surface area (Å²) in [7, 11) is 0. The third-order valence-electron chi connectivity index (χ3n) is 3.16. The van der Waals surface area contributed by atoms with Gasteiger partial charge in [0, 0.05) is 33.3 Å². The molecule has 1 aromatic heterocycles. The highest BCUT2D eigenvalue weighted by Gasteiger charge is 2.03. The summed E-state index contributed by atoms with van der Waals surface area (Å²) in [5, 5.41) is 6.76. The number of H-pyrrole nitrogens is 1. The molecule has 120 valence electrons. The average molecular weight is 304 g/mol. The van der Waals surface area contributed by atoms with Crippen molar-refractivity contribution in [2.75, 3.05) is 5.32 Å². The molecule has 7 N–H and O–H groups in total. The van der Waals surface area contributed by atoms with Crippen molar-refractivity contribution in [3.63, 3.8) is 0 Å². The molecule has 0 aliphatic carbocycles. The maximum absolute atomic E-state index is 11.4. The number of aryl methyl sites for hydroxylation is 2. The maximum atomic E-state index is 11.4. The lowest BCUT2D eigenvalue weighted by Gasteiger charge is -2.10. The molecule has 0 aliphatic rings. The molecule has 0 radical (unpaired) electrons. The van der Waals surface area contributed by atoms with Crippen LogP contribution in [0.5, 0.6) is 0 Å². The fourth-order valence-electron chi connectivity index (χ4n) is 2.19. The molecule has 7 nitrogen and oxygen atoms in total. The van der Waals surface area contributed by atoms with Crippen LogP contribution in [0.2, 0.25) is 0 Å². The van der Waals surface area contributed by atoms with Gasteiger partial charge in [-0.2, -0.15) is 5.10 Å². The van der Waals surface area contributed by atoms with E-state index >= 15 is 0 Å². The third-order valence-corrected chi connectivity index (χ3v) is 3.16. The van der Waals surface area contributed by atoms with E-state index in [2.05, 4.69) is 26.9 Å². The summed E-state index contributed by atoms with van der Waals surface area (Å²) < 4.78 is 0. The van der Waals surface area contributed by atoms with Crippen molar-refractivity contribution in [1.29, 1.82) is 0 Å². The number of hydrogen-bond acceptors (Lipinski definition) is 5. The molecule has 2 rings (SSSR count). The lowest BCUT2D eigenvalue weighted by atomic mass is 10.1. The van der Waals surface area contributed by atoms with Crippen LogP contribution < -0.4 is 27.9 Å². The second-order valence-corrected chi connectivity index (χ2v) is 4.99. The van der Waals surface area contributed by atoms with Gasteiger partial charge in [-0.15, -0.1) is 0 Å². The van der Waals surface area contributed by atoms with Crippen LogP contribution in [0, 0.1) is 6.92 Å². The van der Waals surface area contributed by atoms with Crippen LogP contribution in [0.1, 0.15) is 20.4 Å². The molecule has 0 amide bonds. The van der Waals surface area contributed by atoms with Gasteiger partial charge in [0.1, 0.15) is 11.7 Å². The van der Waals surface area contributed by atoms with Gasteiger partial charge in [0.15, 0.2) is 5.43 Å². The summed E-state index contributed by atoms with van der Waals surface area (Å²) in [6.45, 7) is 2.02. The number of nitrogens with two attached hydrogens (primary N) is 2. The van der Waals surface area contributed by atoms with Crippen molar-refractivity contribution < 1.29 is 2.85 Å². The first-order valence-corrected chi connectivity index (χ1v) is 6.90. The van der Waals surface area contributed by atoms with Crippen LogP contribution >= 0.6 is 0 Å². The lowest BCUT2D eigenvalue weighted by molar-refractivity contribution is 0.912. The molecule has 22 heavy (non-hydrogen) atoms. The third kappa shape index (κ3) is 4.35. The minimum Gasteiger partial charge on any atom is -0.348 e. The quantitative estimate of drug-likeness (QED) is 0.248. The first-order chi connectivity index (χ1) is 10.6. The highest BCUT2D eigenvalue weighted by atomic mass is 16.1. The number of hydrazine groups is 1.